The Kier molecular flexibility index (Phi) is 6.27. The fraction of sp³-hybridized carbons (Fsp3) is 0.143. The topological polar surface area (TPSA) is 110 Å². The number of fused-ring (bicyclic) bond motifs is 1. The molecule has 0 bridgehead atoms. The predicted molar refractivity (Wildman–Crippen MR) is 137 cm³/mol. The number of benzene rings is 2. The van der Waals surface area contributed by atoms with Crippen molar-refractivity contribution in [3.8, 4) is 0 Å². The molecule has 0 fully saturated rings. The number of ketones is 1. The lowest BCUT2D eigenvalue weighted by Crippen LogP contribution is -2.31. The zero-order valence-electron chi connectivity index (χ0n) is 19.8. The second kappa shape index (κ2) is 9.55. The van der Waals surface area contributed by atoms with Gasteiger partial charge >= 0.3 is 5.97 Å². The first-order valence-corrected chi connectivity index (χ1v) is 11.8. The van der Waals surface area contributed by atoms with Crippen molar-refractivity contribution in [2.75, 3.05) is 4.90 Å². The summed E-state index contributed by atoms with van der Waals surface area (Å²) in [6.45, 7) is 3.49. The molecule has 0 spiro atoms. The standard InChI is InChI=1S/C28H21ClN2O6/c1-15(2)36-28(35)16-6-9-19(10-7-16)31-24(20-5-3-4-12-30-20)23(26(33)27(31)34)25(32)22-14-17-13-18(29)8-11-21(17)37-22/h3-15,24,33H,1-2H3. The van der Waals surface area contributed by atoms with E-state index in [4.69, 9.17) is 20.8 Å². The molecule has 0 radical (unpaired) electrons. The lowest BCUT2D eigenvalue weighted by molar-refractivity contribution is -0.117. The van der Waals surface area contributed by atoms with Gasteiger partial charge in [0.05, 0.1) is 22.9 Å². The van der Waals surface area contributed by atoms with Gasteiger partial charge < -0.3 is 14.3 Å². The Hall–Kier alpha value is -4.43. The SMILES string of the molecule is CC(C)OC(=O)c1ccc(N2C(=O)C(O)=C(C(=O)c3cc4cc(Cl)ccc4o3)C2c2ccccn2)cc1. The molecule has 186 valence electrons. The molecule has 9 heteroatoms. The summed E-state index contributed by atoms with van der Waals surface area (Å²) in [4.78, 5) is 44.8. The highest BCUT2D eigenvalue weighted by atomic mass is 35.5. The van der Waals surface area contributed by atoms with E-state index in [1.165, 1.54) is 29.3 Å². The van der Waals surface area contributed by atoms with Crippen LogP contribution in [-0.4, -0.2) is 33.9 Å². The Balaban J connectivity index is 1.56. The first-order chi connectivity index (χ1) is 17.7. The summed E-state index contributed by atoms with van der Waals surface area (Å²) in [5.41, 5.74) is 1.29. The van der Waals surface area contributed by atoms with Gasteiger partial charge in [0, 0.05) is 22.3 Å². The number of amides is 1. The Labute approximate surface area is 216 Å². The molecule has 0 saturated heterocycles. The highest BCUT2D eigenvalue weighted by Gasteiger charge is 2.46. The second-order valence-electron chi connectivity index (χ2n) is 8.72. The van der Waals surface area contributed by atoms with Gasteiger partial charge in [-0.3, -0.25) is 19.5 Å². The van der Waals surface area contributed by atoms with Crippen molar-refractivity contribution >= 4 is 45.9 Å². The molecule has 1 aliphatic rings. The summed E-state index contributed by atoms with van der Waals surface area (Å²) in [7, 11) is 0. The molecule has 8 nitrogen and oxygen atoms in total. The van der Waals surface area contributed by atoms with Gasteiger partial charge in [-0.05, 0) is 74.5 Å². The molecule has 0 aliphatic carbocycles. The Morgan fingerprint density at radius 3 is 2.51 bits per heavy atom. The van der Waals surface area contributed by atoms with E-state index in [1.807, 2.05) is 0 Å². The number of carbonyl (C=O) groups is 3. The van der Waals surface area contributed by atoms with Crippen molar-refractivity contribution in [3.63, 3.8) is 0 Å². The number of hydrogen-bond acceptors (Lipinski definition) is 7. The van der Waals surface area contributed by atoms with Gasteiger partial charge in [0.1, 0.15) is 11.6 Å². The number of rotatable bonds is 6. The van der Waals surface area contributed by atoms with E-state index in [2.05, 4.69) is 4.98 Å². The van der Waals surface area contributed by atoms with Gasteiger partial charge in [0.25, 0.3) is 5.91 Å². The molecule has 1 aliphatic heterocycles. The third kappa shape index (κ3) is 4.47. The monoisotopic (exact) mass is 516 g/mol. The minimum absolute atomic E-state index is 0.0545. The van der Waals surface area contributed by atoms with Crippen molar-refractivity contribution in [3.05, 3.63) is 106 Å². The first kappa shape index (κ1) is 24.3. The Morgan fingerprint density at radius 2 is 1.84 bits per heavy atom. The fourth-order valence-electron chi connectivity index (χ4n) is 4.22. The predicted octanol–water partition coefficient (Wildman–Crippen LogP) is 5.83. The van der Waals surface area contributed by atoms with Gasteiger partial charge in [-0.2, -0.15) is 0 Å². The van der Waals surface area contributed by atoms with Crippen molar-refractivity contribution in [2.24, 2.45) is 0 Å². The highest BCUT2D eigenvalue weighted by Crippen LogP contribution is 2.41. The van der Waals surface area contributed by atoms with E-state index >= 15 is 0 Å². The van der Waals surface area contributed by atoms with Crippen LogP contribution >= 0.6 is 11.6 Å². The molecule has 0 saturated carbocycles. The molecule has 1 N–H and O–H groups in total. The fourth-order valence-corrected chi connectivity index (χ4v) is 4.40. The number of Topliss-reactive ketones (excluding diaryl/α,β-unsaturated/α-hetero) is 1. The van der Waals surface area contributed by atoms with Crippen LogP contribution in [-0.2, 0) is 9.53 Å². The highest BCUT2D eigenvalue weighted by molar-refractivity contribution is 6.31. The smallest absolute Gasteiger partial charge is 0.338 e. The van der Waals surface area contributed by atoms with E-state index in [1.54, 1.807) is 62.4 Å². The van der Waals surface area contributed by atoms with Crippen molar-refractivity contribution < 1.29 is 28.6 Å². The number of pyridine rings is 1. The van der Waals surface area contributed by atoms with E-state index in [0.717, 1.165) is 0 Å². The minimum atomic E-state index is -1.04. The largest absolute Gasteiger partial charge is 0.503 e. The zero-order chi connectivity index (χ0) is 26.3. The maximum atomic E-state index is 13.7. The minimum Gasteiger partial charge on any atom is -0.503 e. The molecular weight excluding hydrogens is 496 g/mol. The molecule has 1 amide bonds. The number of esters is 1. The molecule has 3 heterocycles. The number of furan rings is 1. The summed E-state index contributed by atoms with van der Waals surface area (Å²) in [6.07, 6.45) is 1.24. The van der Waals surface area contributed by atoms with E-state index in [-0.39, 0.29) is 17.4 Å². The Morgan fingerprint density at radius 1 is 1.08 bits per heavy atom. The van der Waals surface area contributed by atoms with Crippen molar-refractivity contribution in [1.29, 1.82) is 0 Å². The van der Waals surface area contributed by atoms with Crippen LogP contribution in [0, 0.1) is 0 Å². The average molecular weight is 517 g/mol. The van der Waals surface area contributed by atoms with Crippen LogP contribution in [0.15, 0.2) is 88.7 Å². The number of hydrogen-bond donors (Lipinski definition) is 1. The third-order valence-corrected chi connectivity index (χ3v) is 6.08. The molecule has 2 aromatic heterocycles. The number of anilines is 1. The maximum absolute atomic E-state index is 13.7. The van der Waals surface area contributed by atoms with Crippen LogP contribution in [0.3, 0.4) is 0 Å². The molecule has 4 aromatic rings. The summed E-state index contributed by atoms with van der Waals surface area (Å²) in [5, 5.41) is 12.0. The number of nitrogens with zero attached hydrogens (tertiary/aromatic N) is 2. The molecule has 1 unspecified atom stereocenters. The number of ether oxygens (including phenoxy) is 1. The Bertz CT molecular complexity index is 1560. The van der Waals surface area contributed by atoms with Crippen LogP contribution < -0.4 is 4.90 Å². The van der Waals surface area contributed by atoms with Crippen LogP contribution in [0.25, 0.3) is 11.0 Å². The number of aliphatic hydroxyl groups is 1. The maximum Gasteiger partial charge on any atom is 0.338 e. The quantitative estimate of drug-likeness (QED) is 0.253. The van der Waals surface area contributed by atoms with Crippen LogP contribution in [0.1, 0.15) is 46.5 Å². The third-order valence-electron chi connectivity index (χ3n) is 5.85. The first-order valence-electron chi connectivity index (χ1n) is 11.5. The molecule has 5 rings (SSSR count). The van der Waals surface area contributed by atoms with Crippen molar-refractivity contribution in [2.45, 2.75) is 26.0 Å². The van der Waals surface area contributed by atoms with Crippen LogP contribution in [0.4, 0.5) is 5.69 Å². The normalized spacial score (nSPS) is 15.6. The van der Waals surface area contributed by atoms with Gasteiger partial charge in [-0.25, -0.2) is 4.79 Å². The summed E-state index contributed by atoms with van der Waals surface area (Å²) < 4.78 is 10.9. The molecule has 2 aromatic carbocycles. The summed E-state index contributed by atoms with van der Waals surface area (Å²) in [6, 6.07) is 16.6. The van der Waals surface area contributed by atoms with E-state index in [9.17, 15) is 19.5 Å². The average Bonchev–Trinajstić information content (AvgIpc) is 3.42. The van der Waals surface area contributed by atoms with Crippen LogP contribution in [0.5, 0.6) is 0 Å². The lowest BCUT2D eigenvalue weighted by atomic mass is 9.98. The van der Waals surface area contributed by atoms with Crippen molar-refractivity contribution in [1.82, 2.24) is 4.98 Å². The number of carbonyl (C=O) groups excluding carboxylic acids is 3. The van der Waals surface area contributed by atoms with E-state index in [0.29, 0.717) is 32.9 Å². The number of aliphatic hydroxyl groups excluding tert-OH is 1. The van der Waals surface area contributed by atoms with E-state index < -0.39 is 29.5 Å². The summed E-state index contributed by atoms with van der Waals surface area (Å²) in [5.74, 6) is -2.70. The zero-order valence-corrected chi connectivity index (χ0v) is 20.6. The van der Waals surface area contributed by atoms with Gasteiger partial charge in [0.2, 0.25) is 5.78 Å². The molecule has 1 atom stereocenters. The molecule has 37 heavy (non-hydrogen) atoms. The second-order valence-corrected chi connectivity index (χ2v) is 9.15. The van der Waals surface area contributed by atoms with Gasteiger partial charge in [-0.1, -0.05) is 17.7 Å². The van der Waals surface area contributed by atoms with Gasteiger partial charge in [-0.15, -0.1) is 0 Å². The van der Waals surface area contributed by atoms with Crippen LogP contribution in [0.2, 0.25) is 5.02 Å². The summed E-state index contributed by atoms with van der Waals surface area (Å²) >= 11 is 6.06. The number of aromatic nitrogens is 1. The van der Waals surface area contributed by atoms with Gasteiger partial charge in [0.15, 0.2) is 11.5 Å². The molecular formula is C28H21ClN2O6. The number of halogens is 1. The lowest BCUT2D eigenvalue weighted by Gasteiger charge is -2.26.